The highest BCUT2D eigenvalue weighted by atomic mass is 127. The monoisotopic (exact) mass is 389 g/mol. The smallest absolute Gasteiger partial charge is 0.329 e. The SMILES string of the molecule is CC(=O)N[C@@H](Cc1ccc(I)cc1)C(=O)OC(C)(C)C. The number of carbonyl (C=O) groups excluding carboxylic acids is 2. The lowest BCUT2D eigenvalue weighted by atomic mass is 10.1. The second kappa shape index (κ2) is 7.06. The summed E-state index contributed by atoms with van der Waals surface area (Å²) in [5, 5.41) is 2.65. The fraction of sp³-hybridized carbons (Fsp3) is 0.467. The van der Waals surface area contributed by atoms with Gasteiger partial charge in [0.2, 0.25) is 5.91 Å². The summed E-state index contributed by atoms with van der Waals surface area (Å²) in [6.07, 6.45) is 0.422. The van der Waals surface area contributed by atoms with E-state index in [1.165, 1.54) is 6.92 Å². The molecule has 1 amide bonds. The Balaban J connectivity index is 2.81. The highest BCUT2D eigenvalue weighted by Gasteiger charge is 2.26. The Hall–Kier alpha value is -1.11. The molecule has 0 saturated carbocycles. The molecule has 0 aliphatic rings. The maximum atomic E-state index is 12.1. The Bertz CT molecular complexity index is 477. The van der Waals surface area contributed by atoms with Gasteiger partial charge in [-0.1, -0.05) is 12.1 Å². The topological polar surface area (TPSA) is 55.4 Å². The van der Waals surface area contributed by atoms with Gasteiger partial charge < -0.3 is 10.1 Å². The Morgan fingerprint density at radius 3 is 2.25 bits per heavy atom. The number of amides is 1. The molecule has 1 aromatic carbocycles. The van der Waals surface area contributed by atoms with Gasteiger partial charge in [-0.15, -0.1) is 0 Å². The molecule has 0 aliphatic heterocycles. The van der Waals surface area contributed by atoms with Crippen molar-refractivity contribution < 1.29 is 14.3 Å². The van der Waals surface area contributed by atoms with Crippen LogP contribution in [0.2, 0.25) is 0 Å². The average Bonchev–Trinajstić information content (AvgIpc) is 2.28. The molecule has 1 aromatic rings. The van der Waals surface area contributed by atoms with Gasteiger partial charge >= 0.3 is 5.97 Å². The van der Waals surface area contributed by atoms with E-state index in [9.17, 15) is 9.59 Å². The number of carbonyl (C=O) groups is 2. The van der Waals surface area contributed by atoms with Gasteiger partial charge in [-0.25, -0.2) is 4.79 Å². The molecule has 0 heterocycles. The third-order valence-electron chi connectivity index (χ3n) is 2.42. The minimum Gasteiger partial charge on any atom is -0.458 e. The highest BCUT2D eigenvalue weighted by molar-refractivity contribution is 14.1. The maximum absolute atomic E-state index is 12.1. The fourth-order valence-corrected chi connectivity index (χ4v) is 2.03. The zero-order valence-electron chi connectivity index (χ0n) is 12.2. The summed E-state index contributed by atoms with van der Waals surface area (Å²) in [6, 6.07) is 7.17. The van der Waals surface area contributed by atoms with Gasteiger partial charge in [0.25, 0.3) is 0 Å². The van der Waals surface area contributed by atoms with Gasteiger partial charge in [0.05, 0.1) is 0 Å². The second-order valence-corrected chi connectivity index (χ2v) is 6.86. The molecular formula is C15H20INO3. The van der Waals surface area contributed by atoms with E-state index in [2.05, 4.69) is 27.9 Å². The van der Waals surface area contributed by atoms with Crippen LogP contribution in [0.5, 0.6) is 0 Å². The van der Waals surface area contributed by atoms with Crippen molar-refractivity contribution in [2.24, 2.45) is 0 Å². The lowest BCUT2D eigenvalue weighted by molar-refractivity contribution is -0.158. The van der Waals surface area contributed by atoms with Gasteiger partial charge in [-0.2, -0.15) is 0 Å². The average molecular weight is 389 g/mol. The van der Waals surface area contributed by atoms with E-state index in [1.807, 2.05) is 24.3 Å². The summed E-state index contributed by atoms with van der Waals surface area (Å²) < 4.78 is 6.47. The molecule has 0 fully saturated rings. The molecule has 0 saturated heterocycles. The van der Waals surface area contributed by atoms with Crippen LogP contribution in [0, 0.1) is 3.57 Å². The normalized spacial score (nSPS) is 12.7. The number of hydrogen-bond acceptors (Lipinski definition) is 3. The van der Waals surface area contributed by atoms with Crippen molar-refractivity contribution in [1.29, 1.82) is 0 Å². The van der Waals surface area contributed by atoms with Gasteiger partial charge in [-0.3, -0.25) is 4.79 Å². The van der Waals surface area contributed by atoms with Gasteiger partial charge in [-0.05, 0) is 61.1 Å². The Kier molecular flexibility index (Phi) is 5.98. The number of hydrogen-bond donors (Lipinski definition) is 1. The van der Waals surface area contributed by atoms with E-state index >= 15 is 0 Å². The van der Waals surface area contributed by atoms with E-state index in [0.717, 1.165) is 9.13 Å². The molecule has 4 nitrogen and oxygen atoms in total. The van der Waals surface area contributed by atoms with Crippen LogP contribution >= 0.6 is 22.6 Å². The van der Waals surface area contributed by atoms with Crippen molar-refractivity contribution >= 4 is 34.5 Å². The summed E-state index contributed by atoms with van der Waals surface area (Å²) in [6.45, 7) is 6.81. The zero-order chi connectivity index (χ0) is 15.3. The molecule has 0 bridgehead atoms. The standard InChI is InChI=1S/C15H20INO3/c1-10(18)17-13(14(19)20-15(2,3)4)9-11-5-7-12(16)8-6-11/h5-8,13H,9H2,1-4H3,(H,17,18)/t13-/m0/s1. The lowest BCUT2D eigenvalue weighted by Gasteiger charge is -2.24. The number of esters is 1. The first-order chi connectivity index (χ1) is 9.17. The summed E-state index contributed by atoms with van der Waals surface area (Å²) in [4.78, 5) is 23.4. The van der Waals surface area contributed by atoms with Gasteiger partial charge in [0.15, 0.2) is 0 Å². The van der Waals surface area contributed by atoms with Crippen LogP contribution in [0.25, 0.3) is 0 Å². The molecule has 0 aliphatic carbocycles. The zero-order valence-corrected chi connectivity index (χ0v) is 14.4. The first-order valence-corrected chi connectivity index (χ1v) is 7.49. The van der Waals surface area contributed by atoms with Crippen LogP contribution in [0.3, 0.4) is 0 Å². The molecule has 1 atom stereocenters. The number of ether oxygens (including phenoxy) is 1. The molecule has 110 valence electrons. The van der Waals surface area contributed by atoms with E-state index in [1.54, 1.807) is 20.8 Å². The summed E-state index contributed by atoms with van der Waals surface area (Å²) in [5.74, 6) is -0.655. The maximum Gasteiger partial charge on any atom is 0.329 e. The van der Waals surface area contributed by atoms with Gasteiger partial charge in [0, 0.05) is 16.9 Å². The number of rotatable bonds is 4. The second-order valence-electron chi connectivity index (χ2n) is 5.62. The van der Waals surface area contributed by atoms with Crippen LogP contribution in [0.15, 0.2) is 24.3 Å². The van der Waals surface area contributed by atoms with Crippen molar-refractivity contribution in [3.63, 3.8) is 0 Å². The van der Waals surface area contributed by atoms with Crippen LogP contribution < -0.4 is 5.32 Å². The predicted octanol–water partition coefficient (Wildman–Crippen LogP) is 2.68. The molecule has 0 aromatic heterocycles. The van der Waals surface area contributed by atoms with Crippen LogP contribution in [-0.4, -0.2) is 23.5 Å². The lowest BCUT2D eigenvalue weighted by Crippen LogP contribution is -2.44. The van der Waals surface area contributed by atoms with Crippen LogP contribution in [-0.2, 0) is 20.7 Å². The van der Waals surface area contributed by atoms with Crippen molar-refractivity contribution in [3.05, 3.63) is 33.4 Å². The molecule has 1 rings (SSSR count). The minimum atomic E-state index is -0.660. The predicted molar refractivity (Wildman–Crippen MR) is 86.3 cm³/mol. The molecule has 0 unspecified atom stereocenters. The molecular weight excluding hydrogens is 369 g/mol. The minimum absolute atomic E-state index is 0.244. The first kappa shape index (κ1) is 16.9. The Labute approximate surface area is 133 Å². The summed E-state index contributed by atoms with van der Waals surface area (Å²) in [5.41, 5.74) is 0.412. The van der Waals surface area contributed by atoms with Crippen LogP contribution in [0.4, 0.5) is 0 Å². The molecule has 0 radical (unpaired) electrons. The summed E-state index contributed by atoms with van der Waals surface area (Å²) >= 11 is 2.22. The largest absolute Gasteiger partial charge is 0.458 e. The van der Waals surface area contributed by atoms with Crippen molar-refractivity contribution in [1.82, 2.24) is 5.32 Å². The van der Waals surface area contributed by atoms with Crippen LogP contribution in [0.1, 0.15) is 33.3 Å². The first-order valence-electron chi connectivity index (χ1n) is 6.42. The molecule has 5 heteroatoms. The molecule has 20 heavy (non-hydrogen) atoms. The quantitative estimate of drug-likeness (QED) is 0.637. The number of benzene rings is 1. The third-order valence-corrected chi connectivity index (χ3v) is 3.14. The van der Waals surface area contributed by atoms with E-state index in [4.69, 9.17) is 4.74 Å². The Morgan fingerprint density at radius 1 is 1.25 bits per heavy atom. The van der Waals surface area contributed by atoms with Crippen molar-refractivity contribution in [2.45, 2.75) is 45.8 Å². The van der Waals surface area contributed by atoms with E-state index in [-0.39, 0.29) is 5.91 Å². The fourth-order valence-electron chi connectivity index (χ4n) is 1.67. The van der Waals surface area contributed by atoms with E-state index < -0.39 is 17.6 Å². The molecule has 0 spiro atoms. The highest BCUT2D eigenvalue weighted by Crippen LogP contribution is 2.13. The van der Waals surface area contributed by atoms with Crippen molar-refractivity contribution in [3.8, 4) is 0 Å². The third kappa shape index (κ3) is 6.36. The summed E-state index contributed by atoms with van der Waals surface area (Å²) in [7, 11) is 0. The Morgan fingerprint density at radius 2 is 1.80 bits per heavy atom. The van der Waals surface area contributed by atoms with Crippen molar-refractivity contribution in [2.75, 3.05) is 0 Å². The molecule has 1 N–H and O–H groups in total. The van der Waals surface area contributed by atoms with E-state index in [0.29, 0.717) is 6.42 Å². The number of nitrogens with one attached hydrogen (secondary N) is 1. The number of halogens is 1. The van der Waals surface area contributed by atoms with Gasteiger partial charge in [0.1, 0.15) is 11.6 Å².